The molecule has 1 aliphatic heterocycles. The van der Waals surface area contributed by atoms with Gasteiger partial charge in [0, 0.05) is 19.1 Å². The average Bonchev–Trinajstić information content (AvgIpc) is 3.16. The number of rotatable bonds is 6. The van der Waals surface area contributed by atoms with Gasteiger partial charge in [0.05, 0.1) is 0 Å². The van der Waals surface area contributed by atoms with Crippen LogP contribution in [0.25, 0.3) is 0 Å². The van der Waals surface area contributed by atoms with Crippen molar-refractivity contribution in [1.29, 1.82) is 0 Å². The molecule has 4 rings (SSSR count). The molecule has 2 unspecified atom stereocenters. The zero-order valence-corrected chi connectivity index (χ0v) is 15.8. The van der Waals surface area contributed by atoms with Gasteiger partial charge in [-0.2, -0.15) is 0 Å². The molecule has 1 N–H and O–H groups in total. The fraction of sp³-hybridized carbons (Fsp3) is 0.500. The molecule has 2 aromatic carbocycles. The van der Waals surface area contributed by atoms with Crippen molar-refractivity contribution < 1.29 is 0 Å². The zero-order valence-electron chi connectivity index (χ0n) is 15.8. The van der Waals surface area contributed by atoms with Gasteiger partial charge in [-0.1, -0.05) is 60.7 Å². The van der Waals surface area contributed by atoms with Crippen molar-refractivity contribution in [3.05, 3.63) is 71.8 Å². The number of benzene rings is 2. The third-order valence-corrected chi connectivity index (χ3v) is 6.35. The van der Waals surface area contributed by atoms with Gasteiger partial charge in [-0.15, -0.1) is 0 Å². The molecule has 2 heteroatoms. The van der Waals surface area contributed by atoms with Crippen molar-refractivity contribution in [3.8, 4) is 0 Å². The molecule has 0 bridgehead atoms. The van der Waals surface area contributed by atoms with E-state index in [0.29, 0.717) is 6.04 Å². The Balaban J connectivity index is 1.18. The second-order valence-electron chi connectivity index (χ2n) is 8.23. The monoisotopic (exact) mass is 348 g/mol. The van der Waals surface area contributed by atoms with Crippen molar-refractivity contribution in [1.82, 2.24) is 10.2 Å². The molecule has 0 radical (unpaired) electrons. The minimum Gasteiger partial charge on any atom is -0.310 e. The maximum absolute atomic E-state index is 3.78. The molecule has 2 aliphatic rings. The van der Waals surface area contributed by atoms with Crippen LogP contribution in [-0.4, -0.2) is 30.6 Å². The quantitative estimate of drug-likeness (QED) is 0.805. The van der Waals surface area contributed by atoms with E-state index >= 15 is 0 Å². The van der Waals surface area contributed by atoms with Crippen LogP contribution in [0.2, 0.25) is 0 Å². The Labute approximate surface area is 158 Å². The van der Waals surface area contributed by atoms with Crippen LogP contribution in [0, 0.1) is 5.92 Å². The van der Waals surface area contributed by atoms with Crippen LogP contribution in [0.3, 0.4) is 0 Å². The largest absolute Gasteiger partial charge is 0.310 e. The molecule has 2 atom stereocenters. The molecule has 1 saturated carbocycles. The smallest absolute Gasteiger partial charge is 0.0208 e. The summed E-state index contributed by atoms with van der Waals surface area (Å²) in [5.74, 6) is 1.66. The van der Waals surface area contributed by atoms with Crippen LogP contribution in [0.15, 0.2) is 60.7 Å². The Hall–Kier alpha value is -1.64. The maximum Gasteiger partial charge on any atom is 0.0208 e. The second kappa shape index (κ2) is 8.83. The molecule has 0 amide bonds. The minimum atomic E-state index is 0.710. The molecule has 1 aliphatic carbocycles. The molecule has 0 aromatic heterocycles. The van der Waals surface area contributed by atoms with Crippen molar-refractivity contribution in [2.75, 3.05) is 19.6 Å². The number of nitrogens with one attached hydrogen (secondary N) is 1. The Morgan fingerprint density at radius 3 is 2.23 bits per heavy atom. The van der Waals surface area contributed by atoms with Crippen LogP contribution in [0.5, 0.6) is 0 Å². The summed E-state index contributed by atoms with van der Waals surface area (Å²) in [5, 5.41) is 3.78. The van der Waals surface area contributed by atoms with Gasteiger partial charge in [-0.3, -0.25) is 0 Å². The van der Waals surface area contributed by atoms with Crippen LogP contribution < -0.4 is 5.32 Å². The standard InChI is InChI=1S/C24H32N2/c1-3-7-20(8-4-1)18-25-24-12-11-21(17-24)19-26-15-13-23(14-16-26)22-9-5-2-6-10-22/h1-10,21,23-25H,11-19H2. The highest BCUT2D eigenvalue weighted by atomic mass is 15.1. The Bertz CT molecular complexity index is 646. The molecule has 1 saturated heterocycles. The molecule has 26 heavy (non-hydrogen) atoms. The summed E-state index contributed by atoms with van der Waals surface area (Å²) in [5.41, 5.74) is 2.94. The summed E-state index contributed by atoms with van der Waals surface area (Å²) in [6.45, 7) is 4.88. The van der Waals surface area contributed by atoms with E-state index in [1.807, 2.05) is 0 Å². The molecular formula is C24H32N2. The maximum atomic E-state index is 3.78. The summed E-state index contributed by atoms with van der Waals surface area (Å²) in [6, 6.07) is 22.6. The van der Waals surface area contributed by atoms with Gasteiger partial charge >= 0.3 is 0 Å². The molecule has 138 valence electrons. The summed E-state index contributed by atoms with van der Waals surface area (Å²) >= 11 is 0. The van der Waals surface area contributed by atoms with E-state index in [1.54, 1.807) is 0 Å². The SMILES string of the molecule is c1ccc(CNC2CCC(CN3CCC(c4ccccc4)CC3)C2)cc1. The number of likely N-dealkylation sites (tertiary alicyclic amines) is 1. The van der Waals surface area contributed by atoms with E-state index in [2.05, 4.69) is 70.9 Å². The third kappa shape index (κ3) is 4.75. The fourth-order valence-electron chi connectivity index (χ4n) is 4.82. The number of hydrogen-bond donors (Lipinski definition) is 1. The lowest BCUT2D eigenvalue weighted by Crippen LogP contribution is -2.36. The first kappa shape index (κ1) is 17.8. The van der Waals surface area contributed by atoms with Crippen molar-refractivity contribution >= 4 is 0 Å². The Kier molecular flexibility index (Phi) is 6.03. The highest BCUT2D eigenvalue weighted by Crippen LogP contribution is 2.31. The third-order valence-electron chi connectivity index (χ3n) is 6.35. The first-order valence-electron chi connectivity index (χ1n) is 10.4. The molecule has 2 aromatic rings. The van der Waals surface area contributed by atoms with Gasteiger partial charge in [-0.25, -0.2) is 0 Å². The topological polar surface area (TPSA) is 15.3 Å². The van der Waals surface area contributed by atoms with Gasteiger partial charge in [0.1, 0.15) is 0 Å². The van der Waals surface area contributed by atoms with Crippen LogP contribution in [0.1, 0.15) is 49.1 Å². The van der Waals surface area contributed by atoms with Gasteiger partial charge in [-0.05, 0) is 68.2 Å². The fourth-order valence-corrected chi connectivity index (χ4v) is 4.82. The summed E-state index contributed by atoms with van der Waals surface area (Å²) in [7, 11) is 0. The van der Waals surface area contributed by atoms with Crippen LogP contribution in [-0.2, 0) is 6.54 Å². The average molecular weight is 349 g/mol. The summed E-state index contributed by atoms with van der Waals surface area (Å²) in [6.07, 6.45) is 6.74. The lowest BCUT2D eigenvalue weighted by molar-refractivity contribution is 0.182. The molecule has 2 fully saturated rings. The van der Waals surface area contributed by atoms with E-state index in [9.17, 15) is 0 Å². The molecule has 1 heterocycles. The van der Waals surface area contributed by atoms with Crippen LogP contribution in [0.4, 0.5) is 0 Å². The summed E-state index contributed by atoms with van der Waals surface area (Å²) < 4.78 is 0. The van der Waals surface area contributed by atoms with Gasteiger partial charge in [0.2, 0.25) is 0 Å². The van der Waals surface area contributed by atoms with Gasteiger partial charge in [0.25, 0.3) is 0 Å². The normalized spacial score (nSPS) is 24.8. The first-order chi connectivity index (χ1) is 12.9. The highest BCUT2D eigenvalue weighted by Gasteiger charge is 2.28. The van der Waals surface area contributed by atoms with Gasteiger partial charge < -0.3 is 10.2 Å². The van der Waals surface area contributed by atoms with Crippen molar-refractivity contribution in [3.63, 3.8) is 0 Å². The lowest BCUT2D eigenvalue weighted by Gasteiger charge is -2.33. The van der Waals surface area contributed by atoms with E-state index in [0.717, 1.165) is 18.4 Å². The van der Waals surface area contributed by atoms with E-state index in [1.165, 1.54) is 62.9 Å². The zero-order chi connectivity index (χ0) is 17.6. The number of hydrogen-bond acceptors (Lipinski definition) is 2. The predicted molar refractivity (Wildman–Crippen MR) is 109 cm³/mol. The Morgan fingerprint density at radius 1 is 0.808 bits per heavy atom. The van der Waals surface area contributed by atoms with Crippen molar-refractivity contribution in [2.45, 2.75) is 50.6 Å². The van der Waals surface area contributed by atoms with E-state index in [4.69, 9.17) is 0 Å². The first-order valence-corrected chi connectivity index (χ1v) is 10.4. The minimum absolute atomic E-state index is 0.710. The van der Waals surface area contributed by atoms with E-state index in [-0.39, 0.29) is 0 Å². The number of piperidine rings is 1. The van der Waals surface area contributed by atoms with Crippen LogP contribution >= 0.6 is 0 Å². The van der Waals surface area contributed by atoms with Gasteiger partial charge in [0.15, 0.2) is 0 Å². The Morgan fingerprint density at radius 2 is 1.50 bits per heavy atom. The molecule has 2 nitrogen and oxygen atoms in total. The number of nitrogens with zero attached hydrogens (tertiary/aromatic N) is 1. The molecule has 0 spiro atoms. The van der Waals surface area contributed by atoms with E-state index < -0.39 is 0 Å². The lowest BCUT2D eigenvalue weighted by atomic mass is 9.89. The molecular weight excluding hydrogens is 316 g/mol. The predicted octanol–water partition coefficient (Wildman–Crippen LogP) is 4.82. The summed E-state index contributed by atoms with van der Waals surface area (Å²) in [4.78, 5) is 2.73. The van der Waals surface area contributed by atoms with Crippen molar-refractivity contribution in [2.24, 2.45) is 5.92 Å². The second-order valence-corrected chi connectivity index (χ2v) is 8.23. The highest BCUT2D eigenvalue weighted by molar-refractivity contribution is 5.20.